The lowest BCUT2D eigenvalue weighted by Crippen LogP contribution is -2.17. The minimum Gasteiger partial charge on any atom is -0.497 e. The van der Waals surface area contributed by atoms with Crippen LogP contribution in [0.15, 0.2) is 61.1 Å². The van der Waals surface area contributed by atoms with Crippen LogP contribution in [0.1, 0.15) is 11.4 Å². The normalized spacial score (nSPS) is 11.1. The summed E-state index contributed by atoms with van der Waals surface area (Å²) >= 11 is 0. The Labute approximate surface area is 203 Å². The third-order valence-electron chi connectivity index (χ3n) is 5.97. The van der Waals surface area contributed by atoms with E-state index in [4.69, 9.17) is 14.5 Å². The van der Waals surface area contributed by atoms with Gasteiger partial charge in [-0.3, -0.25) is 14.3 Å². The molecule has 9 heteroatoms. The minimum absolute atomic E-state index is 0.555. The van der Waals surface area contributed by atoms with Crippen LogP contribution in [-0.2, 0) is 20.6 Å². The van der Waals surface area contributed by atoms with Gasteiger partial charge in [-0.2, -0.15) is 10.2 Å². The van der Waals surface area contributed by atoms with Crippen LogP contribution in [-0.4, -0.2) is 43.7 Å². The largest absolute Gasteiger partial charge is 0.497 e. The highest BCUT2D eigenvalue weighted by Gasteiger charge is 2.17. The highest BCUT2D eigenvalue weighted by atomic mass is 16.5. The molecule has 0 amide bonds. The zero-order valence-electron chi connectivity index (χ0n) is 20.4. The number of hydrogen-bond donors (Lipinski definition) is 0. The van der Waals surface area contributed by atoms with E-state index in [1.165, 1.54) is 0 Å². The Morgan fingerprint density at radius 3 is 2.29 bits per heavy atom. The fourth-order valence-electron chi connectivity index (χ4n) is 4.01. The molecule has 0 saturated heterocycles. The molecule has 35 heavy (non-hydrogen) atoms. The van der Waals surface area contributed by atoms with Crippen molar-refractivity contribution in [1.82, 2.24) is 29.5 Å². The van der Waals surface area contributed by atoms with Gasteiger partial charge in [0.15, 0.2) is 0 Å². The molecule has 0 aliphatic heterocycles. The van der Waals surface area contributed by atoms with Crippen molar-refractivity contribution in [2.75, 3.05) is 19.1 Å². The zero-order valence-corrected chi connectivity index (χ0v) is 20.4. The summed E-state index contributed by atoms with van der Waals surface area (Å²) in [4.78, 5) is 11.7. The van der Waals surface area contributed by atoms with Gasteiger partial charge < -0.3 is 14.4 Å². The molecule has 5 aromatic rings. The Morgan fingerprint density at radius 1 is 0.886 bits per heavy atom. The Kier molecular flexibility index (Phi) is 5.82. The molecule has 0 saturated carbocycles. The lowest BCUT2D eigenvalue weighted by atomic mass is 10.1. The van der Waals surface area contributed by atoms with Gasteiger partial charge in [0.1, 0.15) is 11.5 Å². The van der Waals surface area contributed by atoms with Gasteiger partial charge in [0.05, 0.1) is 55.6 Å². The fraction of sp³-hybridized carbons (Fsp3) is 0.231. The molecule has 0 atom stereocenters. The van der Waals surface area contributed by atoms with Gasteiger partial charge in [-0.15, -0.1) is 0 Å². The summed E-state index contributed by atoms with van der Waals surface area (Å²) in [5.74, 6) is 1.42. The third-order valence-corrected chi connectivity index (χ3v) is 5.97. The molecule has 2 aromatic carbocycles. The molecule has 0 aliphatic rings. The smallest absolute Gasteiger partial charge is 0.124 e. The average Bonchev–Trinajstić information content (AvgIpc) is 3.45. The first-order valence-corrected chi connectivity index (χ1v) is 11.2. The van der Waals surface area contributed by atoms with Crippen LogP contribution >= 0.6 is 0 Å². The summed E-state index contributed by atoms with van der Waals surface area (Å²) in [6.45, 7) is 2.60. The molecule has 0 radical (unpaired) electrons. The second-order valence-corrected chi connectivity index (χ2v) is 8.39. The van der Waals surface area contributed by atoms with Crippen molar-refractivity contribution in [3.8, 4) is 22.8 Å². The van der Waals surface area contributed by atoms with E-state index in [1.807, 2.05) is 68.3 Å². The first-order chi connectivity index (χ1) is 16.9. The van der Waals surface area contributed by atoms with Gasteiger partial charge in [0, 0.05) is 61.1 Å². The molecule has 3 heterocycles. The molecular weight excluding hydrogens is 442 g/mol. The number of hydrogen-bond acceptors (Lipinski definition) is 7. The highest BCUT2D eigenvalue weighted by Crippen LogP contribution is 2.35. The molecule has 0 fully saturated rings. The van der Waals surface area contributed by atoms with E-state index in [-0.39, 0.29) is 0 Å². The van der Waals surface area contributed by atoms with Crippen molar-refractivity contribution in [3.63, 3.8) is 0 Å². The van der Waals surface area contributed by atoms with Crippen molar-refractivity contribution >= 4 is 22.4 Å². The van der Waals surface area contributed by atoms with E-state index < -0.39 is 0 Å². The van der Waals surface area contributed by atoms with E-state index in [1.54, 1.807) is 31.3 Å². The summed E-state index contributed by atoms with van der Waals surface area (Å²) in [6, 6.07) is 14.0. The van der Waals surface area contributed by atoms with Crippen LogP contribution in [0.3, 0.4) is 0 Å². The zero-order chi connectivity index (χ0) is 24.5. The summed E-state index contributed by atoms with van der Waals surface area (Å²) in [5.41, 5.74) is 7.22. The molecule has 0 bridgehead atoms. The van der Waals surface area contributed by atoms with Gasteiger partial charge in [-0.25, -0.2) is 4.98 Å². The molecule has 3 aromatic heterocycles. The number of benzene rings is 2. The van der Waals surface area contributed by atoms with E-state index in [0.717, 1.165) is 45.1 Å². The van der Waals surface area contributed by atoms with Crippen LogP contribution in [0, 0.1) is 6.92 Å². The predicted molar refractivity (Wildman–Crippen MR) is 135 cm³/mol. The predicted octanol–water partition coefficient (Wildman–Crippen LogP) is 4.43. The lowest BCUT2D eigenvalue weighted by molar-refractivity contribution is 0.394. The van der Waals surface area contributed by atoms with Crippen LogP contribution in [0.25, 0.3) is 22.3 Å². The van der Waals surface area contributed by atoms with Gasteiger partial charge in [0.2, 0.25) is 0 Å². The van der Waals surface area contributed by atoms with E-state index in [9.17, 15) is 0 Å². The number of ether oxygens (including phenoxy) is 2. The number of aromatic nitrogens is 6. The van der Waals surface area contributed by atoms with Crippen LogP contribution in [0.5, 0.6) is 11.5 Å². The first-order valence-electron chi connectivity index (χ1n) is 11.2. The van der Waals surface area contributed by atoms with Gasteiger partial charge >= 0.3 is 0 Å². The second-order valence-electron chi connectivity index (χ2n) is 8.39. The van der Waals surface area contributed by atoms with Gasteiger partial charge in [-0.1, -0.05) is 0 Å². The average molecular weight is 470 g/mol. The van der Waals surface area contributed by atoms with Crippen molar-refractivity contribution in [1.29, 1.82) is 0 Å². The molecule has 0 unspecified atom stereocenters. The van der Waals surface area contributed by atoms with Crippen molar-refractivity contribution < 1.29 is 9.47 Å². The Bertz CT molecular complexity index is 1460. The van der Waals surface area contributed by atoms with Crippen molar-refractivity contribution in [2.24, 2.45) is 14.1 Å². The Balaban J connectivity index is 1.62. The van der Waals surface area contributed by atoms with Crippen LogP contribution in [0.2, 0.25) is 0 Å². The molecular formula is C26H27N7O2. The molecule has 5 rings (SSSR count). The van der Waals surface area contributed by atoms with Crippen molar-refractivity contribution in [2.45, 2.75) is 13.5 Å². The maximum atomic E-state index is 5.54. The standard InChI is InChI=1S/C26H27N7O2/c1-17-8-19(30-32(17)3)16-33(21-9-22(34-4)12-23(10-21)35-5)20-6-7-24-25(11-20)29-26(14-27-24)18-13-28-31(2)15-18/h6-15H,16H2,1-5H3. The van der Waals surface area contributed by atoms with Crippen molar-refractivity contribution in [3.05, 3.63) is 72.4 Å². The lowest BCUT2D eigenvalue weighted by Gasteiger charge is -2.25. The molecule has 178 valence electrons. The number of anilines is 2. The molecule has 0 spiro atoms. The summed E-state index contributed by atoms with van der Waals surface area (Å²) in [6.07, 6.45) is 5.50. The van der Waals surface area contributed by atoms with Crippen LogP contribution in [0.4, 0.5) is 11.4 Å². The van der Waals surface area contributed by atoms with Gasteiger partial charge in [0.25, 0.3) is 0 Å². The molecule has 0 aliphatic carbocycles. The second kappa shape index (κ2) is 9.09. The van der Waals surface area contributed by atoms with E-state index >= 15 is 0 Å². The maximum absolute atomic E-state index is 5.54. The van der Waals surface area contributed by atoms with Crippen LogP contribution < -0.4 is 14.4 Å². The SMILES string of the molecule is COc1cc(OC)cc(N(Cc2cc(C)n(C)n2)c2ccc3ncc(-c4cnn(C)c4)nc3c2)c1. The van der Waals surface area contributed by atoms with Gasteiger partial charge in [-0.05, 0) is 31.2 Å². The molecule has 0 N–H and O–H groups in total. The number of methoxy groups -OCH3 is 2. The summed E-state index contributed by atoms with van der Waals surface area (Å²) < 4.78 is 14.7. The minimum atomic E-state index is 0.555. The number of nitrogens with zero attached hydrogens (tertiary/aromatic N) is 7. The number of aryl methyl sites for hydroxylation is 3. The quantitative estimate of drug-likeness (QED) is 0.349. The topological polar surface area (TPSA) is 83.1 Å². The Morgan fingerprint density at radius 2 is 1.66 bits per heavy atom. The van der Waals surface area contributed by atoms with E-state index in [0.29, 0.717) is 18.0 Å². The monoisotopic (exact) mass is 469 g/mol. The van der Waals surface area contributed by atoms with E-state index in [2.05, 4.69) is 26.1 Å². The highest BCUT2D eigenvalue weighted by molar-refractivity contribution is 5.82. The summed E-state index contributed by atoms with van der Waals surface area (Å²) in [5, 5.41) is 8.93. The summed E-state index contributed by atoms with van der Waals surface area (Å²) in [7, 11) is 7.13. The Hall–Kier alpha value is -4.40. The first kappa shape index (κ1) is 22.4. The molecule has 9 nitrogen and oxygen atoms in total. The number of fused-ring (bicyclic) bond motifs is 1. The third kappa shape index (κ3) is 4.52. The maximum Gasteiger partial charge on any atom is 0.124 e. The number of rotatable bonds is 7. The fourth-order valence-corrected chi connectivity index (χ4v) is 4.01.